The molecule has 0 aliphatic carbocycles. The van der Waals surface area contributed by atoms with Crippen LogP contribution in [0.2, 0.25) is 10.4 Å². The van der Waals surface area contributed by atoms with Crippen molar-refractivity contribution in [1.29, 1.82) is 0 Å². The molecular weight excluding hydrogens is 259 g/mol. The Hall–Kier alpha value is -0.610. The molecule has 0 saturated heterocycles. The van der Waals surface area contributed by atoms with Gasteiger partial charge in [-0.1, -0.05) is 44.2 Å². The number of aromatic nitrogens is 3. The third kappa shape index (κ3) is 5.50. The summed E-state index contributed by atoms with van der Waals surface area (Å²) < 4.78 is 0. The van der Waals surface area contributed by atoms with E-state index in [9.17, 15) is 0 Å². The highest BCUT2D eigenvalue weighted by atomic mass is 35.5. The van der Waals surface area contributed by atoms with E-state index in [0.29, 0.717) is 11.9 Å². The molecule has 0 spiro atoms. The summed E-state index contributed by atoms with van der Waals surface area (Å²) in [6.45, 7) is 4.30. The predicted molar refractivity (Wildman–Crippen MR) is 71.7 cm³/mol. The van der Waals surface area contributed by atoms with Crippen LogP contribution in [0.1, 0.15) is 46.0 Å². The van der Waals surface area contributed by atoms with Crippen LogP contribution < -0.4 is 5.32 Å². The van der Waals surface area contributed by atoms with Crippen LogP contribution in [-0.2, 0) is 0 Å². The molecule has 1 aromatic heterocycles. The van der Waals surface area contributed by atoms with E-state index in [4.69, 9.17) is 23.2 Å². The van der Waals surface area contributed by atoms with Crippen LogP contribution in [0.15, 0.2) is 0 Å². The Labute approximate surface area is 112 Å². The second-order valence-corrected chi connectivity index (χ2v) is 4.81. The van der Waals surface area contributed by atoms with Gasteiger partial charge in [0.05, 0.1) is 0 Å². The molecule has 0 fully saturated rings. The lowest BCUT2D eigenvalue weighted by Gasteiger charge is -2.14. The Morgan fingerprint density at radius 2 is 1.94 bits per heavy atom. The van der Waals surface area contributed by atoms with E-state index in [2.05, 4.69) is 34.3 Å². The van der Waals surface area contributed by atoms with Crippen LogP contribution in [0.4, 0.5) is 5.82 Å². The van der Waals surface area contributed by atoms with Gasteiger partial charge < -0.3 is 5.32 Å². The van der Waals surface area contributed by atoms with E-state index in [1.807, 2.05) is 0 Å². The Morgan fingerprint density at radius 3 is 2.65 bits per heavy atom. The number of hydrogen-bond acceptors (Lipinski definition) is 4. The molecule has 1 unspecified atom stereocenters. The molecule has 1 heterocycles. The Morgan fingerprint density at radius 1 is 1.18 bits per heavy atom. The molecule has 1 aromatic rings. The molecule has 1 atom stereocenters. The topological polar surface area (TPSA) is 50.7 Å². The van der Waals surface area contributed by atoms with Crippen molar-refractivity contribution >= 4 is 29.0 Å². The second-order valence-electron chi connectivity index (χ2n) is 4.11. The molecule has 0 aliphatic heterocycles. The van der Waals surface area contributed by atoms with Gasteiger partial charge in [0.2, 0.25) is 5.28 Å². The quantitative estimate of drug-likeness (QED) is 0.767. The van der Waals surface area contributed by atoms with Gasteiger partial charge in [-0.25, -0.2) is 0 Å². The van der Waals surface area contributed by atoms with Gasteiger partial charge >= 0.3 is 0 Å². The summed E-state index contributed by atoms with van der Waals surface area (Å²) >= 11 is 11.5. The fourth-order valence-electron chi connectivity index (χ4n) is 1.57. The van der Waals surface area contributed by atoms with Crippen molar-refractivity contribution in [3.63, 3.8) is 0 Å². The Kier molecular flexibility index (Phi) is 6.52. The molecule has 0 aliphatic rings. The highest BCUT2D eigenvalue weighted by Crippen LogP contribution is 2.18. The third-order valence-electron chi connectivity index (χ3n) is 2.49. The molecule has 6 heteroatoms. The summed E-state index contributed by atoms with van der Waals surface area (Å²) in [5.74, 6) is 0.509. The fourth-order valence-corrected chi connectivity index (χ4v) is 1.82. The van der Waals surface area contributed by atoms with Crippen LogP contribution in [-0.4, -0.2) is 21.2 Å². The summed E-state index contributed by atoms with van der Waals surface area (Å²) in [6.07, 6.45) is 6.08. The van der Waals surface area contributed by atoms with Gasteiger partial charge in [-0.05, 0) is 24.9 Å². The minimum atomic E-state index is 0.107. The van der Waals surface area contributed by atoms with Crippen molar-refractivity contribution < 1.29 is 0 Å². The number of nitrogens with zero attached hydrogens (tertiary/aromatic N) is 3. The average molecular weight is 277 g/mol. The van der Waals surface area contributed by atoms with E-state index >= 15 is 0 Å². The molecule has 96 valence electrons. The normalized spacial score (nSPS) is 12.5. The minimum absolute atomic E-state index is 0.107. The van der Waals surface area contributed by atoms with Gasteiger partial charge in [0.15, 0.2) is 11.0 Å². The van der Waals surface area contributed by atoms with Gasteiger partial charge in [0, 0.05) is 6.04 Å². The van der Waals surface area contributed by atoms with Crippen molar-refractivity contribution in [2.75, 3.05) is 5.32 Å². The van der Waals surface area contributed by atoms with E-state index in [0.717, 1.165) is 6.42 Å². The molecule has 4 nitrogen and oxygen atoms in total. The molecule has 0 amide bonds. The monoisotopic (exact) mass is 276 g/mol. The first-order chi connectivity index (χ1) is 8.13. The zero-order valence-electron chi connectivity index (χ0n) is 10.2. The minimum Gasteiger partial charge on any atom is -0.365 e. The number of rotatable bonds is 7. The van der Waals surface area contributed by atoms with Crippen molar-refractivity contribution in [3.8, 4) is 0 Å². The van der Waals surface area contributed by atoms with Crippen molar-refractivity contribution in [2.24, 2.45) is 0 Å². The molecule has 1 rings (SSSR count). The first-order valence-electron chi connectivity index (χ1n) is 5.95. The summed E-state index contributed by atoms with van der Waals surface area (Å²) in [5, 5.41) is 10.8. The molecule has 0 aromatic carbocycles. The maximum absolute atomic E-state index is 5.87. The Bertz CT molecular complexity index is 346. The SMILES string of the molecule is CCCCCCC(C)Nc1nc(Cl)nnc1Cl. The maximum atomic E-state index is 5.87. The largest absolute Gasteiger partial charge is 0.365 e. The van der Waals surface area contributed by atoms with Gasteiger partial charge in [0.1, 0.15) is 0 Å². The smallest absolute Gasteiger partial charge is 0.245 e. The molecular formula is C11H18Cl2N4. The third-order valence-corrected chi connectivity index (χ3v) is 2.91. The van der Waals surface area contributed by atoms with Gasteiger partial charge in [-0.15, -0.1) is 10.2 Å². The lowest BCUT2D eigenvalue weighted by molar-refractivity contribution is 0.592. The molecule has 1 N–H and O–H groups in total. The molecule has 0 bridgehead atoms. The number of hydrogen-bond donors (Lipinski definition) is 1. The number of anilines is 1. The lowest BCUT2D eigenvalue weighted by atomic mass is 10.1. The summed E-state index contributed by atoms with van der Waals surface area (Å²) in [6, 6.07) is 0.303. The highest BCUT2D eigenvalue weighted by molar-refractivity contribution is 6.32. The first-order valence-corrected chi connectivity index (χ1v) is 6.71. The standard InChI is InChI=1S/C11H18Cl2N4/c1-3-4-5-6-7-8(2)14-10-9(12)16-17-11(13)15-10/h8H,3-7H2,1-2H3,(H,14,15,17). The van der Waals surface area contributed by atoms with Gasteiger partial charge in [-0.2, -0.15) is 4.98 Å². The van der Waals surface area contributed by atoms with Crippen molar-refractivity contribution in [2.45, 2.75) is 52.0 Å². The zero-order valence-corrected chi connectivity index (χ0v) is 11.7. The Balaban J connectivity index is 2.39. The highest BCUT2D eigenvalue weighted by Gasteiger charge is 2.09. The van der Waals surface area contributed by atoms with E-state index in [1.54, 1.807) is 0 Å². The predicted octanol–water partition coefficient (Wildman–Crippen LogP) is 3.95. The maximum Gasteiger partial charge on any atom is 0.245 e. The number of unbranched alkanes of at least 4 members (excludes halogenated alkanes) is 3. The molecule has 0 saturated carbocycles. The van der Waals surface area contributed by atoms with E-state index in [1.165, 1.54) is 25.7 Å². The molecule has 17 heavy (non-hydrogen) atoms. The van der Waals surface area contributed by atoms with Crippen LogP contribution in [0.5, 0.6) is 0 Å². The fraction of sp³-hybridized carbons (Fsp3) is 0.727. The summed E-state index contributed by atoms with van der Waals surface area (Å²) in [4.78, 5) is 4.01. The van der Waals surface area contributed by atoms with Crippen LogP contribution in [0.25, 0.3) is 0 Å². The second kappa shape index (κ2) is 7.67. The summed E-state index contributed by atoms with van der Waals surface area (Å²) in [5.41, 5.74) is 0. The van der Waals surface area contributed by atoms with Crippen molar-refractivity contribution in [3.05, 3.63) is 10.4 Å². The van der Waals surface area contributed by atoms with Crippen LogP contribution >= 0.6 is 23.2 Å². The number of nitrogens with one attached hydrogen (secondary N) is 1. The van der Waals surface area contributed by atoms with E-state index in [-0.39, 0.29) is 10.4 Å². The van der Waals surface area contributed by atoms with E-state index < -0.39 is 0 Å². The van der Waals surface area contributed by atoms with Crippen LogP contribution in [0, 0.1) is 0 Å². The zero-order chi connectivity index (χ0) is 12.7. The van der Waals surface area contributed by atoms with Crippen molar-refractivity contribution in [1.82, 2.24) is 15.2 Å². The lowest BCUT2D eigenvalue weighted by Crippen LogP contribution is -2.16. The van der Waals surface area contributed by atoms with Gasteiger partial charge in [0.25, 0.3) is 0 Å². The van der Waals surface area contributed by atoms with Gasteiger partial charge in [-0.3, -0.25) is 0 Å². The average Bonchev–Trinajstić information content (AvgIpc) is 2.29. The van der Waals surface area contributed by atoms with Crippen LogP contribution in [0.3, 0.4) is 0 Å². The summed E-state index contributed by atoms with van der Waals surface area (Å²) in [7, 11) is 0. The number of halogens is 2. The first kappa shape index (κ1) is 14.5. The molecule has 0 radical (unpaired) electrons.